The Kier molecular flexibility index (Phi) is 2.94. The van der Waals surface area contributed by atoms with Crippen LogP contribution in [0, 0.1) is 5.92 Å². The lowest BCUT2D eigenvalue weighted by molar-refractivity contribution is 0.172. The first kappa shape index (κ1) is 11.5. The van der Waals surface area contributed by atoms with E-state index in [1.807, 2.05) is 12.1 Å². The molecule has 0 spiro atoms. The SMILES string of the molecule is CCN(CC1CC1)c1cc2c(cc1N)OCCO2. The van der Waals surface area contributed by atoms with Gasteiger partial charge in [0.1, 0.15) is 13.2 Å². The van der Waals surface area contributed by atoms with Crippen molar-refractivity contribution in [2.45, 2.75) is 19.8 Å². The van der Waals surface area contributed by atoms with Crippen LogP contribution in [0.25, 0.3) is 0 Å². The van der Waals surface area contributed by atoms with Gasteiger partial charge in [0, 0.05) is 25.2 Å². The highest BCUT2D eigenvalue weighted by Crippen LogP contribution is 2.40. The van der Waals surface area contributed by atoms with Crippen molar-refractivity contribution in [3.8, 4) is 11.5 Å². The highest BCUT2D eigenvalue weighted by atomic mass is 16.6. The molecule has 2 aliphatic rings. The van der Waals surface area contributed by atoms with Crippen LogP contribution < -0.4 is 20.1 Å². The zero-order valence-electron chi connectivity index (χ0n) is 10.8. The van der Waals surface area contributed by atoms with E-state index in [1.165, 1.54) is 12.8 Å². The first-order chi connectivity index (χ1) is 8.78. The van der Waals surface area contributed by atoms with Gasteiger partial charge in [0.2, 0.25) is 0 Å². The molecular weight excluding hydrogens is 228 g/mol. The van der Waals surface area contributed by atoms with Gasteiger partial charge in [-0.05, 0) is 25.7 Å². The fraction of sp³-hybridized carbons (Fsp3) is 0.571. The lowest BCUT2D eigenvalue weighted by Gasteiger charge is -2.27. The van der Waals surface area contributed by atoms with Crippen LogP contribution in [0.15, 0.2) is 12.1 Å². The maximum atomic E-state index is 6.14. The summed E-state index contributed by atoms with van der Waals surface area (Å²) in [4.78, 5) is 2.34. The summed E-state index contributed by atoms with van der Waals surface area (Å²) in [5.74, 6) is 2.43. The Bertz CT molecular complexity index is 444. The van der Waals surface area contributed by atoms with E-state index in [2.05, 4.69) is 11.8 Å². The van der Waals surface area contributed by atoms with Crippen molar-refractivity contribution in [2.75, 3.05) is 36.9 Å². The molecule has 4 nitrogen and oxygen atoms in total. The third kappa shape index (κ3) is 2.19. The van der Waals surface area contributed by atoms with E-state index in [1.54, 1.807) is 0 Å². The van der Waals surface area contributed by atoms with Crippen LogP contribution in [0.1, 0.15) is 19.8 Å². The van der Waals surface area contributed by atoms with E-state index >= 15 is 0 Å². The zero-order valence-corrected chi connectivity index (χ0v) is 10.8. The highest BCUT2D eigenvalue weighted by Gasteiger charge is 2.25. The molecule has 0 unspecified atom stereocenters. The molecule has 1 aliphatic heterocycles. The Morgan fingerprint density at radius 1 is 1.22 bits per heavy atom. The molecule has 1 heterocycles. The van der Waals surface area contributed by atoms with E-state index in [4.69, 9.17) is 15.2 Å². The summed E-state index contributed by atoms with van der Waals surface area (Å²) in [6, 6.07) is 3.91. The maximum absolute atomic E-state index is 6.14. The summed E-state index contributed by atoms with van der Waals surface area (Å²) < 4.78 is 11.2. The van der Waals surface area contributed by atoms with Crippen LogP contribution >= 0.6 is 0 Å². The fourth-order valence-corrected chi connectivity index (χ4v) is 2.38. The predicted molar refractivity (Wildman–Crippen MR) is 72.5 cm³/mol. The van der Waals surface area contributed by atoms with Crippen molar-refractivity contribution in [3.05, 3.63) is 12.1 Å². The normalized spacial score (nSPS) is 17.6. The Labute approximate surface area is 108 Å². The Morgan fingerprint density at radius 2 is 1.89 bits per heavy atom. The number of nitrogen functional groups attached to an aromatic ring is 1. The summed E-state index contributed by atoms with van der Waals surface area (Å²) in [5, 5.41) is 0. The summed E-state index contributed by atoms with van der Waals surface area (Å²) in [5.41, 5.74) is 8.00. The van der Waals surface area contributed by atoms with E-state index in [0.29, 0.717) is 13.2 Å². The van der Waals surface area contributed by atoms with Crippen LogP contribution in [0.2, 0.25) is 0 Å². The second kappa shape index (κ2) is 4.59. The Balaban J connectivity index is 1.89. The van der Waals surface area contributed by atoms with Crippen LogP contribution in [0.5, 0.6) is 11.5 Å². The number of nitrogens with two attached hydrogens (primary N) is 1. The molecule has 18 heavy (non-hydrogen) atoms. The van der Waals surface area contributed by atoms with Crippen molar-refractivity contribution in [2.24, 2.45) is 5.92 Å². The van der Waals surface area contributed by atoms with Gasteiger partial charge in [0.25, 0.3) is 0 Å². The molecule has 0 radical (unpaired) electrons. The van der Waals surface area contributed by atoms with Crippen LogP contribution in [-0.4, -0.2) is 26.3 Å². The molecule has 1 saturated carbocycles. The van der Waals surface area contributed by atoms with Crippen LogP contribution in [0.4, 0.5) is 11.4 Å². The lowest BCUT2D eigenvalue weighted by atomic mass is 10.2. The minimum absolute atomic E-state index is 0.603. The fourth-order valence-electron chi connectivity index (χ4n) is 2.38. The predicted octanol–water partition coefficient (Wildman–Crippen LogP) is 2.28. The quantitative estimate of drug-likeness (QED) is 0.830. The molecule has 0 aromatic heterocycles. The summed E-state index contributed by atoms with van der Waals surface area (Å²) >= 11 is 0. The van der Waals surface area contributed by atoms with Gasteiger partial charge in [-0.15, -0.1) is 0 Å². The number of benzene rings is 1. The average Bonchev–Trinajstić information content (AvgIpc) is 3.19. The first-order valence-electron chi connectivity index (χ1n) is 6.72. The molecule has 0 atom stereocenters. The minimum atomic E-state index is 0.603. The van der Waals surface area contributed by atoms with Crippen LogP contribution in [-0.2, 0) is 0 Å². The largest absolute Gasteiger partial charge is 0.486 e. The van der Waals surface area contributed by atoms with Crippen LogP contribution in [0.3, 0.4) is 0 Å². The molecule has 1 fully saturated rings. The molecule has 2 N–H and O–H groups in total. The number of fused-ring (bicyclic) bond motifs is 1. The number of ether oxygens (including phenoxy) is 2. The molecule has 1 aromatic carbocycles. The monoisotopic (exact) mass is 248 g/mol. The molecule has 3 rings (SSSR count). The van der Waals surface area contributed by atoms with Gasteiger partial charge in [-0.2, -0.15) is 0 Å². The number of hydrogen-bond donors (Lipinski definition) is 1. The van der Waals surface area contributed by atoms with E-state index in [-0.39, 0.29) is 0 Å². The van der Waals surface area contributed by atoms with Crippen molar-refractivity contribution in [1.82, 2.24) is 0 Å². The number of rotatable bonds is 4. The standard InChI is InChI=1S/C14H20N2O2/c1-2-16(9-10-3-4-10)12-8-14-13(7-11(12)15)17-5-6-18-14/h7-8,10H,2-6,9,15H2,1H3. The van der Waals surface area contributed by atoms with Gasteiger partial charge >= 0.3 is 0 Å². The molecular formula is C14H20N2O2. The van der Waals surface area contributed by atoms with E-state index < -0.39 is 0 Å². The third-order valence-corrected chi connectivity index (χ3v) is 3.59. The topological polar surface area (TPSA) is 47.7 Å². The van der Waals surface area contributed by atoms with Crippen molar-refractivity contribution in [1.29, 1.82) is 0 Å². The molecule has 0 bridgehead atoms. The summed E-state index contributed by atoms with van der Waals surface area (Å²) in [7, 11) is 0. The number of hydrogen-bond acceptors (Lipinski definition) is 4. The summed E-state index contributed by atoms with van der Waals surface area (Å²) in [6.07, 6.45) is 2.70. The second-order valence-electron chi connectivity index (χ2n) is 5.04. The number of nitrogens with zero attached hydrogens (tertiary/aromatic N) is 1. The van der Waals surface area contributed by atoms with Gasteiger partial charge in [-0.1, -0.05) is 0 Å². The lowest BCUT2D eigenvalue weighted by Crippen LogP contribution is -2.26. The first-order valence-corrected chi connectivity index (χ1v) is 6.72. The summed E-state index contributed by atoms with van der Waals surface area (Å²) in [6.45, 7) is 5.45. The molecule has 0 saturated heterocycles. The molecule has 4 heteroatoms. The molecule has 1 aromatic rings. The molecule has 1 aliphatic carbocycles. The maximum Gasteiger partial charge on any atom is 0.163 e. The van der Waals surface area contributed by atoms with Crippen molar-refractivity contribution in [3.63, 3.8) is 0 Å². The van der Waals surface area contributed by atoms with Crippen molar-refractivity contribution >= 4 is 11.4 Å². The zero-order chi connectivity index (χ0) is 12.5. The highest BCUT2D eigenvalue weighted by molar-refractivity contribution is 5.73. The minimum Gasteiger partial charge on any atom is -0.486 e. The second-order valence-corrected chi connectivity index (χ2v) is 5.04. The van der Waals surface area contributed by atoms with Gasteiger partial charge in [0.05, 0.1) is 11.4 Å². The smallest absolute Gasteiger partial charge is 0.163 e. The van der Waals surface area contributed by atoms with Gasteiger partial charge in [-0.3, -0.25) is 0 Å². The van der Waals surface area contributed by atoms with E-state index in [0.717, 1.165) is 41.9 Å². The molecule has 98 valence electrons. The van der Waals surface area contributed by atoms with Crippen molar-refractivity contribution < 1.29 is 9.47 Å². The van der Waals surface area contributed by atoms with Gasteiger partial charge < -0.3 is 20.1 Å². The Hall–Kier alpha value is -1.58. The third-order valence-electron chi connectivity index (χ3n) is 3.59. The average molecular weight is 248 g/mol. The number of anilines is 2. The molecule has 0 amide bonds. The van der Waals surface area contributed by atoms with E-state index in [9.17, 15) is 0 Å². The van der Waals surface area contributed by atoms with Gasteiger partial charge in [0.15, 0.2) is 11.5 Å². The Morgan fingerprint density at radius 3 is 2.50 bits per heavy atom. The van der Waals surface area contributed by atoms with Gasteiger partial charge in [-0.25, -0.2) is 0 Å².